The van der Waals surface area contributed by atoms with Gasteiger partial charge >= 0.3 is 0 Å². The molecule has 0 aliphatic carbocycles. The number of rotatable bonds is 4. The third-order valence-electron chi connectivity index (χ3n) is 3.76. The maximum Gasteiger partial charge on any atom is 0.257 e. The van der Waals surface area contributed by atoms with Crippen LogP contribution in [0.4, 0.5) is 0 Å². The smallest absolute Gasteiger partial charge is 0.257 e. The lowest BCUT2D eigenvalue weighted by Crippen LogP contribution is -2.26. The lowest BCUT2D eigenvalue weighted by Gasteiger charge is -2.13. The molecule has 0 bridgehead atoms. The summed E-state index contributed by atoms with van der Waals surface area (Å²) >= 11 is 0. The van der Waals surface area contributed by atoms with Crippen molar-refractivity contribution in [2.45, 2.75) is 6.54 Å². The van der Waals surface area contributed by atoms with E-state index in [9.17, 15) is 4.79 Å². The van der Waals surface area contributed by atoms with Gasteiger partial charge < -0.3 is 9.42 Å². The van der Waals surface area contributed by atoms with Crippen LogP contribution in [0.15, 0.2) is 59.6 Å². The maximum absolute atomic E-state index is 12.7. The Hall–Kier alpha value is -3.55. The van der Waals surface area contributed by atoms with E-state index in [-0.39, 0.29) is 12.5 Å². The van der Waals surface area contributed by atoms with E-state index < -0.39 is 0 Å². The molecule has 25 heavy (non-hydrogen) atoms. The summed E-state index contributed by atoms with van der Waals surface area (Å²) in [7, 11) is 1.68. The first-order valence-electron chi connectivity index (χ1n) is 7.63. The van der Waals surface area contributed by atoms with Crippen LogP contribution in [-0.4, -0.2) is 42.6 Å². The predicted molar refractivity (Wildman–Crippen MR) is 88.5 cm³/mol. The monoisotopic (exact) mass is 334 g/mol. The first-order chi connectivity index (χ1) is 12.2. The third kappa shape index (κ3) is 2.85. The number of fused-ring (bicyclic) bond motifs is 1. The van der Waals surface area contributed by atoms with Gasteiger partial charge in [0.1, 0.15) is 6.54 Å². The van der Waals surface area contributed by atoms with Gasteiger partial charge in [-0.2, -0.15) is 10.1 Å². The number of aromatic nitrogens is 5. The Balaban J connectivity index is 1.53. The lowest BCUT2D eigenvalue weighted by molar-refractivity contribution is 0.0771. The summed E-state index contributed by atoms with van der Waals surface area (Å²) in [6, 6.07) is 9.21. The summed E-state index contributed by atoms with van der Waals surface area (Å²) < 4.78 is 6.90. The van der Waals surface area contributed by atoms with Gasteiger partial charge in [0, 0.05) is 31.2 Å². The van der Waals surface area contributed by atoms with E-state index in [1.165, 1.54) is 4.90 Å². The van der Waals surface area contributed by atoms with Crippen molar-refractivity contribution in [1.29, 1.82) is 0 Å². The van der Waals surface area contributed by atoms with Crippen molar-refractivity contribution in [3.63, 3.8) is 0 Å². The van der Waals surface area contributed by atoms with Crippen molar-refractivity contribution in [3.8, 4) is 11.4 Å². The van der Waals surface area contributed by atoms with Gasteiger partial charge in [-0.05, 0) is 24.3 Å². The zero-order valence-corrected chi connectivity index (χ0v) is 13.4. The fraction of sp³-hybridized carbons (Fsp3) is 0.118. The highest BCUT2D eigenvalue weighted by molar-refractivity contribution is 6.00. The van der Waals surface area contributed by atoms with E-state index in [1.54, 1.807) is 42.4 Å². The first kappa shape index (κ1) is 15.0. The molecule has 4 aromatic heterocycles. The fourth-order valence-electron chi connectivity index (χ4n) is 2.51. The number of nitrogens with zero attached hydrogens (tertiary/aromatic N) is 6. The molecule has 8 heteroatoms. The summed E-state index contributed by atoms with van der Waals surface area (Å²) in [4.78, 5) is 22.5. The second kappa shape index (κ2) is 6.16. The van der Waals surface area contributed by atoms with Gasteiger partial charge in [-0.15, -0.1) is 0 Å². The van der Waals surface area contributed by atoms with Gasteiger partial charge in [-0.25, -0.2) is 4.52 Å². The van der Waals surface area contributed by atoms with Crippen LogP contribution in [0.1, 0.15) is 16.2 Å². The normalized spacial score (nSPS) is 10.9. The number of carbonyl (C=O) groups is 1. The van der Waals surface area contributed by atoms with Gasteiger partial charge in [-0.1, -0.05) is 11.2 Å². The SMILES string of the molecule is CN(Cc1nc(-c2cccnc2)no1)C(=O)c1cnn2ccccc12. The minimum atomic E-state index is -0.165. The fourth-order valence-corrected chi connectivity index (χ4v) is 2.51. The summed E-state index contributed by atoms with van der Waals surface area (Å²) in [6.07, 6.45) is 6.68. The van der Waals surface area contributed by atoms with Crippen molar-refractivity contribution in [2.24, 2.45) is 0 Å². The molecular formula is C17H14N6O2. The molecule has 1 amide bonds. The number of hydrogen-bond donors (Lipinski definition) is 0. The zero-order chi connectivity index (χ0) is 17.2. The molecule has 8 nitrogen and oxygen atoms in total. The second-order valence-corrected chi connectivity index (χ2v) is 5.50. The summed E-state index contributed by atoms with van der Waals surface area (Å²) in [6.45, 7) is 0.205. The van der Waals surface area contributed by atoms with Gasteiger partial charge in [-0.3, -0.25) is 9.78 Å². The molecule has 124 valence electrons. The molecule has 4 rings (SSSR count). The van der Waals surface area contributed by atoms with E-state index in [1.807, 2.05) is 24.3 Å². The van der Waals surface area contributed by atoms with E-state index in [2.05, 4.69) is 20.2 Å². The number of amides is 1. The van der Waals surface area contributed by atoms with Crippen LogP contribution in [0.25, 0.3) is 16.9 Å². The highest BCUT2D eigenvalue weighted by Crippen LogP contribution is 2.16. The summed E-state index contributed by atoms with van der Waals surface area (Å²) in [5.74, 6) is 0.633. The van der Waals surface area contributed by atoms with E-state index >= 15 is 0 Å². The molecule has 0 aliphatic heterocycles. The molecular weight excluding hydrogens is 320 g/mol. The maximum atomic E-state index is 12.7. The minimum Gasteiger partial charge on any atom is -0.337 e. The molecule has 0 unspecified atom stereocenters. The van der Waals surface area contributed by atoms with Gasteiger partial charge in [0.05, 0.1) is 17.3 Å². The van der Waals surface area contributed by atoms with Crippen molar-refractivity contribution >= 4 is 11.4 Å². The van der Waals surface area contributed by atoms with E-state index in [0.29, 0.717) is 17.3 Å². The molecule has 0 N–H and O–H groups in total. The highest BCUT2D eigenvalue weighted by atomic mass is 16.5. The molecule has 0 radical (unpaired) electrons. The first-order valence-corrected chi connectivity index (χ1v) is 7.63. The minimum absolute atomic E-state index is 0.165. The molecule has 0 spiro atoms. The van der Waals surface area contributed by atoms with Crippen LogP contribution in [0.3, 0.4) is 0 Å². The van der Waals surface area contributed by atoms with Gasteiger partial charge in [0.15, 0.2) is 0 Å². The van der Waals surface area contributed by atoms with Crippen LogP contribution < -0.4 is 0 Å². The quantitative estimate of drug-likeness (QED) is 0.567. The molecule has 0 fully saturated rings. The van der Waals surface area contributed by atoms with Crippen molar-refractivity contribution in [3.05, 3.63) is 66.6 Å². The zero-order valence-electron chi connectivity index (χ0n) is 13.4. The van der Waals surface area contributed by atoms with Gasteiger partial charge in [0.2, 0.25) is 11.7 Å². The van der Waals surface area contributed by atoms with Crippen molar-refractivity contribution in [1.82, 2.24) is 29.6 Å². The number of carbonyl (C=O) groups excluding carboxylic acids is 1. The Morgan fingerprint density at radius 1 is 1.24 bits per heavy atom. The average molecular weight is 334 g/mol. The molecule has 4 heterocycles. The highest BCUT2D eigenvalue weighted by Gasteiger charge is 2.19. The molecule has 0 aromatic carbocycles. The van der Waals surface area contributed by atoms with Crippen LogP contribution >= 0.6 is 0 Å². The average Bonchev–Trinajstić information content (AvgIpc) is 3.29. The molecule has 0 aliphatic rings. The Labute approximate surface area is 142 Å². The standard InChI is InChI=1S/C17H14N6O2/c1-22(17(24)13-10-19-23-8-3-2-6-14(13)23)11-15-20-16(21-25-15)12-5-4-7-18-9-12/h2-10H,11H2,1H3. The Morgan fingerprint density at radius 3 is 3.00 bits per heavy atom. The Kier molecular flexibility index (Phi) is 3.70. The van der Waals surface area contributed by atoms with Crippen molar-refractivity contribution < 1.29 is 9.32 Å². The third-order valence-corrected chi connectivity index (χ3v) is 3.76. The number of pyridine rings is 2. The Morgan fingerprint density at radius 2 is 2.16 bits per heavy atom. The van der Waals surface area contributed by atoms with E-state index in [0.717, 1.165) is 11.1 Å². The van der Waals surface area contributed by atoms with Crippen LogP contribution in [-0.2, 0) is 6.54 Å². The van der Waals surface area contributed by atoms with Crippen LogP contribution in [0.5, 0.6) is 0 Å². The molecule has 4 aromatic rings. The predicted octanol–water partition coefficient (Wildman–Crippen LogP) is 2.05. The van der Waals surface area contributed by atoms with Gasteiger partial charge in [0.25, 0.3) is 5.91 Å². The lowest BCUT2D eigenvalue weighted by atomic mass is 10.2. The van der Waals surface area contributed by atoms with Crippen molar-refractivity contribution in [2.75, 3.05) is 7.05 Å². The summed E-state index contributed by atoms with van der Waals surface area (Å²) in [5, 5.41) is 8.11. The van der Waals surface area contributed by atoms with E-state index in [4.69, 9.17) is 4.52 Å². The molecule has 0 atom stereocenters. The molecule has 0 saturated heterocycles. The largest absolute Gasteiger partial charge is 0.337 e. The summed E-state index contributed by atoms with van der Waals surface area (Å²) in [5.41, 5.74) is 2.03. The molecule has 0 saturated carbocycles. The Bertz CT molecular complexity index is 1020. The van der Waals surface area contributed by atoms with Crippen LogP contribution in [0, 0.1) is 0 Å². The topological polar surface area (TPSA) is 89.4 Å². The second-order valence-electron chi connectivity index (χ2n) is 5.50. The van der Waals surface area contributed by atoms with Crippen LogP contribution in [0.2, 0.25) is 0 Å². The number of hydrogen-bond acceptors (Lipinski definition) is 6.